The summed E-state index contributed by atoms with van der Waals surface area (Å²) in [6.45, 7) is 3.94. The number of aromatic carboxylic acids is 1. The maximum absolute atomic E-state index is 15.0. The van der Waals surface area contributed by atoms with Crippen LogP contribution in [-0.4, -0.2) is 16.2 Å². The first-order valence-electron chi connectivity index (χ1n) is 9.23. The van der Waals surface area contributed by atoms with E-state index in [1.807, 2.05) is 0 Å². The van der Waals surface area contributed by atoms with Crippen molar-refractivity contribution in [1.29, 1.82) is 0 Å². The van der Waals surface area contributed by atoms with Gasteiger partial charge in [0.2, 0.25) is 0 Å². The standard InChI is InChI=1S/C25H15FO4/c1-13-6-8-18-22(10-13)30-24-16-9-7-14(27)11-19(16)21(26)12-20(24)23(18)15-4-2-3-5-17(15)25(28)29/h2-12,27H,1H2,(H,28,29). The Balaban J connectivity index is 1.98. The van der Waals surface area contributed by atoms with E-state index in [0.717, 1.165) is 5.22 Å². The maximum Gasteiger partial charge on any atom is 0.336 e. The van der Waals surface area contributed by atoms with Gasteiger partial charge >= 0.3 is 5.97 Å². The van der Waals surface area contributed by atoms with Gasteiger partial charge in [-0.2, -0.15) is 0 Å². The normalized spacial score (nSPS) is 12.2. The highest BCUT2D eigenvalue weighted by molar-refractivity contribution is 6.02. The van der Waals surface area contributed by atoms with Gasteiger partial charge in [-0.3, -0.25) is 0 Å². The summed E-state index contributed by atoms with van der Waals surface area (Å²) >= 11 is 0. The Kier molecular flexibility index (Phi) is 3.86. The van der Waals surface area contributed by atoms with E-state index in [2.05, 4.69) is 6.58 Å². The summed E-state index contributed by atoms with van der Waals surface area (Å²) in [5, 5.41) is 21.6. The summed E-state index contributed by atoms with van der Waals surface area (Å²) < 4.78 is 21.2. The van der Waals surface area contributed by atoms with Gasteiger partial charge in [0.1, 0.15) is 23.1 Å². The third kappa shape index (κ3) is 2.63. The van der Waals surface area contributed by atoms with E-state index >= 15 is 4.39 Å². The molecule has 0 unspecified atom stereocenters. The number of halogens is 1. The van der Waals surface area contributed by atoms with Crippen molar-refractivity contribution in [2.75, 3.05) is 0 Å². The topological polar surface area (TPSA) is 66.8 Å². The van der Waals surface area contributed by atoms with Crippen molar-refractivity contribution in [3.63, 3.8) is 0 Å². The second-order valence-electron chi connectivity index (χ2n) is 7.12. The highest BCUT2D eigenvalue weighted by Crippen LogP contribution is 2.43. The van der Waals surface area contributed by atoms with E-state index in [-0.39, 0.29) is 16.7 Å². The van der Waals surface area contributed by atoms with Crippen LogP contribution in [0.15, 0.2) is 66.7 Å². The van der Waals surface area contributed by atoms with Crippen LogP contribution in [0.5, 0.6) is 17.2 Å². The van der Waals surface area contributed by atoms with Gasteiger partial charge in [-0.15, -0.1) is 0 Å². The van der Waals surface area contributed by atoms with Crippen LogP contribution in [0.3, 0.4) is 0 Å². The molecule has 0 aliphatic carbocycles. The van der Waals surface area contributed by atoms with Gasteiger partial charge in [-0.05, 0) is 47.2 Å². The van der Waals surface area contributed by atoms with Crippen LogP contribution in [0.2, 0.25) is 0 Å². The van der Waals surface area contributed by atoms with E-state index in [1.165, 1.54) is 24.3 Å². The third-order valence-corrected chi connectivity index (χ3v) is 5.24. The summed E-state index contributed by atoms with van der Waals surface area (Å²) in [5.41, 5.74) is 1.59. The predicted molar refractivity (Wildman–Crippen MR) is 112 cm³/mol. The van der Waals surface area contributed by atoms with E-state index in [9.17, 15) is 15.0 Å². The molecular formula is C25H15FO4. The average molecular weight is 398 g/mol. The first-order chi connectivity index (χ1) is 14.4. The van der Waals surface area contributed by atoms with Crippen LogP contribution in [0, 0.1) is 5.82 Å². The van der Waals surface area contributed by atoms with Gasteiger partial charge in [0.05, 0.1) is 5.56 Å². The lowest BCUT2D eigenvalue weighted by molar-refractivity contribution is 0.0696. The largest absolute Gasteiger partial charge is 0.508 e. The van der Waals surface area contributed by atoms with Crippen LogP contribution < -0.4 is 15.2 Å². The zero-order valence-corrected chi connectivity index (χ0v) is 15.6. The second-order valence-corrected chi connectivity index (χ2v) is 7.12. The molecule has 4 nitrogen and oxygen atoms in total. The van der Waals surface area contributed by atoms with Gasteiger partial charge in [0.15, 0.2) is 0 Å². The maximum atomic E-state index is 15.0. The molecule has 0 spiro atoms. The molecule has 0 radical (unpaired) electrons. The summed E-state index contributed by atoms with van der Waals surface area (Å²) in [5.74, 6) is -0.762. The fourth-order valence-corrected chi connectivity index (χ4v) is 3.93. The van der Waals surface area contributed by atoms with Gasteiger partial charge in [0, 0.05) is 27.1 Å². The number of hydrogen-bond donors (Lipinski definition) is 2. The quantitative estimate of drug-likeness (QED) is 0.469. The minimum atomic E-state index is -1.08. The van der Waals surface area contributed by atoms with Crippen LogP contribution in [0.4, 0.5) is 4.39 Å². The fourth-order valence-electron chi connectivity index (χ4n) is 3.93. The Bertz CT molecular complexity index is 1490. The molecule has 0 saturated carbocycles. The number of aromatic hydroxyl groups is 1. The molecule has 5 heteroatoms. The summed E-state index contributed by atoms with van der Waals surface area (Å²) in [6, 6.07) is 17.7. The Labute approximate surface area is 170 Å². The molecular weight excluding hydrogens is 383 g/mol. The van der Waals surface area contributed by atoms with Crippen molar-refractivity contribution in [2.24, 2.45) is 0 Å². The molecule has 0 saturated heterocycles. The summed E-state index contributed by atoms with van der Waals surface area (Å²) in [4.78, 5) is 11.9. The Morgan fingerprint density at radius 3 is 2.53 bits per heavy atom. The van der Waals surface area contributed by atoms with Gasteiger partial charge in [0.25, 0.3) is 0 Å². The molecule has 0 amide bonds. The summed E-state index contributed by atoms with van der Waals surface area (Å²) in [6.07, 6.45) is 0. The number of carbonyl (C=O) groups is 1. The van der Waals surface area contributed by atoms with Gasteiger partial charge in [-0.25, -0.2) is 9.18 Å². The van der Waals surface area contributed by atoms with Gasteiger partial charge in [-0.1, -0.05) is 36.9 Å². The molecule has 1 heterocycles. The molecule has 2 N–H and O–H groups in total. The number of hydrogen-bond acceptors (Lipinski definition) is 3. The highest BCUT2D eigenvalue weighted by atomic mass is 19.1. The minimum absolute atomic E-state index is 0.0574. The zero-order valence-electron chi connectivity index (χ0n) is 15.6. The number of carboxylic acids is 1. The van der Waals surface area contributed by atoms with Crippen molar-refractivity contribution in [3.05, 3.63) is 99.7 Å². The second kappa shape index (κ2) is 6.46. The molecule has 1 aliphatic heterocycles. The molecule has 146 valence electrons. The average Bonchev–Trinajstić information content (AvgIpc) is 2.72. The Morgan fingerprint density at radius 2 is 1.73 bits per heavy atom. The molecule has 0 fully saturated rings. The van der Waals surface area contributed by atoms with Crippen LogP contribution in [0.25, 0.3) is 22.9 Å². The Morgan fingerprint density at radius 1 is 0.933 bits per heavy atom. The number of ether oxygens (including phenoxy) is 1. The molecule has 1 aliphatic rings. The SMILES string of the molecule is C=c1ccc2c(c1)Oc1c(cc(F)c3cc(O)ccc13)C=2c1ccccc1C(=O)O. The third-order valence-electron chi connectivity index (χ3n) is 5.24. The van der Waals surface area contributed by atoms with E-state index in [4.69, 9.17) is 4.74 Å². The van der Waals surface area contributed by atoms with E-state index < -0.39 is 11.8 Å². The highest BCUT2D eigenvalue weighted by Gasteiger charge is 2.26. The lowest BCUT2D eigenvalue weighted by Gasteiger charge is -2.23. The molecule has 4 aromatic carbocycles. The van der Waals surface area contributed by atoms with Crippen LogP contribution in [-0.2, 0) is 0 Å². The molecule has 30 heavy (non-hydrogen) atoms. The number of carboxylic acid groups (broad SMARTS) is 1. The van der Waals surface area contributed by atoms with Gasteiger partial charge < -0.3 is 14.9 Å². The monoisotopic (exact) mass is 398 g/mol. The first-order valence-corrected chi connectivity index (χ1v) is 9.23. The van der Waals surface area contributed by atoms with Crippen molar-refractivity contribution in [3.8, 4) is 17.2 Å². The van der Waals surface area contributed by atoms with Crippen molar-refractivity contribution in [1.82, 2.24) is 0 Å². The number of phenols is 1. The smallest absolute Gasteiger partial charge is 0.336 e. The van der Waals surface area contributed by atoms with Crippen LogP contribution >= 0.6 is 0 Å². The number of rotatable bonds is 2. The summed E-state index contributed by atoms with van der Waals surface area (Å²) in [7, 11) is 0. The number of benzene rings is 4. The van der Waals surface area contributed by atoms with Crippen molar-refractivity contribution >= 4 is 28.9 Å². The lowest BCUT2D eigenvalue weighted by atomic mass is 9.88. The molecule has 0 bridgehead atoms. The lowest BCUT2D eigenvalue weighted by Crippen LogP contribution is -2.21. The van der Waals surface area contributed by atoms with E-state index in [1.54, 1.807) is 42.5 Å². The van der Waals surface area contributed by atoms with Crippen LogP contribution in [0.1, 0.15) is 21.5 Å². The number of fused-ring (bicyclic) bond motifs is 4. The minimum Gasteiger partial charge on any atom is -0.508 e. The van der Waals surface area contributed by atoms with Crippen molar-refractivity contribution < 1.29 is 24.1 Å². The zero-order chi connectivity index (χ0) is 21.0. The predicted octanol–water partition coefficient (Wildman–Crippen LogP) is 4.15. The first kappa shape index (κ1) is 17.9. The molecule has 0 aromatic heterocycles. The number of phenolic OH excluding ortho intramolecular Hbond substituents is 1. The molecule has 5 rings (SSSR count). The molecule has 4 aromatic rings. The fraction of sp³-hybridized carbons (Fsp3) is 0. The molecule has 0 atom stereocenters. The van der Waals surface area contributed by atoms with Crippen molar-refractivity contribution in [2.45, 2.75) is 0 Å². The Hall–Kier alpha value is -4.12. The van der Waals surface area contributed by atoms with E-state index in [0.29, 0.717) is 38.8 Å².